The molecule has 0 bridgehead atoms. The Balaban J connectivity index is -0.000000101. The fourth-order valence-corrected chi connectivity index (χ4v) is 0. The summed E-state index contributed by atoms with van der Waals surface area (Å²) in [4.78, 5) is 18.6. The van der Waals surface area contributed by atoms with E-state index < -0.39 is 0 Å². The molecule has 0 saturated heterocycles. The molecular weight excluding hydrogens is 200 g/mol. The molecule has 0 radical (unpaired) electrons. The molecule has 0 aromatic carbocycles. The van der Waals surface area contributed by atoms with Crippen molar-refractivity contribution < 1.29 is 19.8 Å². The fourth-order valence-electron chi connectivity index (χ4n) is 0. The van der Waals surface area contributed by atoms with E-state index in [1.807, 2.05) is 0 Å². The molecule has 0 unspecified atom stereocenters. The molecule has 0 rings (SSSR count). The van der Waals surface area contributed by atoms with Crippen LogP contribution in [0.5, 0.6) is 0 Å². The maximum absolute atomic E-state index is 9.31. The van der Waals surface area contributed by atoms with Crippen LogP contribution in [0.2, 0.25) is 0 Å². The third-order valence-corrected chi connectivity index (χ3v) is 0.1000. The highest BCUT2D eigenvalue weighted by atomic mass is 32.1. The summed E-state index contributed by atoms with van der Waals surface area (Å²) in [6.07, 6.45) is 0. The second-order valence-electron chi connectivity index (χ2n) is 1.49. The number of carbonyl (C=O) groups is 2. The molecule has 0 amide bonds. The predicted molar refractivity (Wildman–Crippen MR) is 53.5 cm³/mol. The molecule has 0 aliphatic carbocycles. The van der Waals surface area contributed by atoms with Gasteiger partial charge in [0.15, 0.2) is 10.2 Å². The van der Waals surface area contributed by atoms with Gasteiger partial charge in [0, 0.05) is 13.8 Å². The summed E-state index contributed by atoms with van der Waals surface area (Å²) in [7, 11) is 0. The van der Waals surface area contributed by atoms with Crippen LogP contribution in [-0.4, -0.2) is 33.7 Å². The van der Waals surface area contributed by atoms with Gasteiger partial charge in [-0.05, 0) is 0 Å². The second kappa shape index (κ2) is 17.2. The van der Waals surface area contributed by atoms with Crippen molar-refractivity contribution in [1.82, 2.24) is 0 Å². The molecule has 2 N–H and O–H groups in total. The van der Waals surface area contributed by atoms with Crippen molar-refractivity contribution in [2.45, 2.75) is 13.8 Å². The fraction of sp³-hybridized carbons (Fsp3) is 0.667. The Hall–Kier alpha value is -0.0400. The summed E-state index contributed by atoms with van der Waals surface area (Å²) in [6.45, 7) is 2.53. The van der Waals surface area contributed by atoms with Crippen LogP contribution in [0, 0.1) is 0 Å². The van der Waals surface area contributed by atoms with Crippen LogP contribution in [0.3, 0.4) is 0 Å². The van der Waals surface area contributed by atoms with Crippen LogP contribution in [0.1, 0.15) is 13.8 Å². The maximum atomic E-state index is 9.31. The van der Waals surface area contributed by atoms with Gasteiger partial charge in [-0.1, -0.05) is 0 Å². The highest BCUT2D eigenvalue weighted by molar-refractivity contribution is 7.96. The van der Waals surface area contributed by atoms with Crippen LogP contribution in [-0.2, 0) is 9.59 Å². The lowest BCUT2D eigenvalue weighted by atomic mass is 10.8. The van der Waals surface area contributed by atoms with Crippen molar-refractivity contribution in [2.75, 3.05) is 13.2 Å². The first-order valence-electron chi connectivity index (χ1n) is 2.99. The number of rotatable bonds is 1. The van der Waals surface area contributed by atoms with Crippen LogP contribution < -0.4 is 0 Å². The lowest BCUT2D eigenvalue weighted by Gasteiger charge is -1.70. The van der Waals surface area contributed by atoms with Gasteiger partial charge in [0.05, 0.1) is 13.2 Å². The summed E-state index contributed by atoms with van der Waals surface area (Å²) in [5.41, 5.74) is 0. The number of carbonyl (C=O) groups excluding carboxylic acids is 2. The van der Waals surface area contributed by atoms with E-state index in [1.54, 1.807) is 0 Å². The van der Waals surface area contributed by atoms with E-state index in [2.05, 4.69) is 25.3 Å². The lowest BCUT2D eigenvalue weighted by molar-refractivity contribution is -0.109. The van der Waals surface area contributed by atoms with Crippen molar-refractivity contribution in [2.24, 2.45) is 0 Å². The standard InChI is InChI=1S/C2H6O2.2C2H4OS/c3-1-2-4;2*1-2(3)4/h3-4H,1-2H2;2*1H3,(H,3,4). The monoisotopic (exact) mass is 214 g/mol. The molecule has 0 atom stereocenters. The number of aliphatic hydroxyl groups excluding tert-OH is 2. The number of hydrogen-bond donors (Lipinski definition) is 4. The average molecular weight is 214 g/mol. The van der Waals surface area contributed by atoms with E-state index in [-0.39, 0.29) is 23.4 Å². The third-order valence-electron chi connectivity index (χ3n) is 0.1000. The molecule has 0 aromatic rings. The Morgan fingerprint density at radius 2 is 1.08 bits per heavy atom. The summed E-state index contributed by atoms with van der Waals surface area (Å²) in [6, 6.07) is 0. The Labute approximate surface area is 82.8 Å². The summed E-state index contributed by atoms with van der Waals surface area (Å²) in [5, 5.41) is 15.0. The minimum absolute atomic E-state index is 0.125. The molecule has 0 aromatic heterocycles. The quantitative estimate of drug-likeness (QED) is 0.460. The van der Waals surface area contributed by atoms with Gasteiger partial charge in [-0.2, -0.15) is 0 Å². The predicted octanol–water partition coefficient (Wildman–Crippen LogP) is -0.104. The molecule has 0 saturated carbocycles. The minimum atomic E-state index is -0.139. The van der Waals surface area contributed by atoms with Gasteiger partial charge < -0.3 is 10.2 Å². The van der Waals surface area contributed by atoms with E-state index in [1.165, 1.54) is 13.8 Å². The SMILES string of the molecule is CC(=O)S.CC(=O)S.OCCO. The molecule has 0 fully saturated rings. The number of thiol groups is 2. The molecule has 12 heavy (non-hydrogen) atoms. The van der Waals surface area contributed by atoms with E-state index in [9.17, 15) is 9.59 Å². The van der Waals surface area contributed by atoms with Gasteiger partial charge in [0.1, 0.15) is 0 Å². The molecule has 0 spiro atoms. The molecular formula is C6H14O4S2. The zero-order valence-corrected chi connectivity index (χ0v) is 8.81. The Bertz CT molecular complexity index is 94.1. The summed E-state index contributed by atoms with van der Waals surface area (Å²) >= 11 is 6.65. The Morgan fingerprint density at radius 1 is 1.00 bits per heavy atom. The Morgan fingerprint density at radius 3 is 1.08 bits per heavy atom. The van der Waals surface area contributed by atoms with E-state index >= 15 is 0 Å². The molecule has 0 aliphatic heterocycles. The second-order valence-corrected chi connectivity index (χ2v) is 2.74. The van der Waals surface area contributed by atoms with Gasteiger partial charge in [0.25, 0.3) is 0 Å². The largest absolute Gasteiger partial charge is 0.394 e. The number of hydrogen-bond acceptors (Lipinski definition) is 4. The molecule has 74 valence electrons. The van der Waals surface area contributed by atoms with E-state index in [0.717, 1.165) is 0 Å². The van der Waals surface area contributed by atoms with Gasteiger partial charge in [-0.15, -0.1) is 25.3 Å². The first-order valence-corrected chi connectivity index (χ1v) is 3.88. The molecule has 0 aliphatic rings. The zero-order chi connectivity index (χ0) is 10.6. The topological polar surface area (TPSA) is 74.6 Å². The molecule has 0 heterocycles. The lowest BCUT2D eigenvalue weighted by Crippen LogP contribution is -1.85. The van der Waals surface area contributed by atoms with E-state index in [0.29, 0.717) is 0 Å². The molecule has 4 nitrogen and oxygen atoms in total. The van der Waals surface area contributed by atoms with Crippen molar-refractivity contribution in [1.29, 1.82) is 0 Å². The smallest absolute Gasteiger partial charge is 0.182 e. The van der Waals surface area contributed by atoms with Gasteiger partial charge in [-0.25, -0.2) is 0 Å². The third kappa shape index (κ3) is 868. The van der Waals surface area contributed by atoms with Crippen molar-refractivity contribution in [3.05, 3.63) is 0 Å². The first-order chi connectivity index (χ1) is 5.38. The van der Waals surface area contributed by atoms with Gasteiger partial charge >= 0.3 is 0 Å². The summed E-state index contributed by atoms with van der Waals surface area (Å²) < 4.78 is 0. The number of aliphatic hydroxyl groups is 2. The van der Waals surface area contributed by atoms with Crippen molar-refractivity contribution in [3.63, 3.8) is 0 Å². The normalized spacial score (nSPS) is 6.83. The van der Waals surface area contributed by atoms with Gasteiger partial charge in [0.2, 0.25) is 0 Å². The minimum Gasteiger partial charge on any atom is -0.394 e. The van der Waals surface area contributed by atoms with Gasteiger partial charge in [-0.3, -0.25) is 9.59 Å². The first kappa shape index (κ1) is 17.9. The van der Waals surface area contributed by atoms with Crippen LogP contribution in [0.4, 0.5) is 0 Å². The maximum Gasteiger partial charge on any atom is 0.182 e. The Kier molecular flexibility index (Phi) is 25.6. The summed E-state index contributed by atoms with van der Waals surface area (Å²) in [5.74, 6) is 0. The van der Waals surface area contributed by atoms with Crippen LogP contribution in [0.15, 0.2) is 0 Å². The van der Waals surface area contributed by atoms with Crippen molar-refractivity contribution >= 4 is 35.5 Å². The highest BCUT2D eigenvalue weighted by Crippen LogP contribution is 1.66. The van der Waals surface area contributed by atoms with Crippen LogP contribution in [0.25, 0.3) is 0 Å². The van der Waals surface area contributed by atoms with Crippen LogP contribution >= 0.6 is 25.3 Å². The zero-order valence-electron chi connectivity index (χ0n) is 7.02. The molecule has 6 heteroatoms. The highest BCUT2D eigenvalue weighted by Gasteiger charge is 1.64. The van der Waals surface area contributed by atoms with E-state index in [4.69, 9.17) is 10.2 Å². The average Bonchev–Trinajstić information content (AvgIpc) is 1.85. The van der Waals surface area contributed by atoms with Crippen molar-refractivity contribution in [3.8, 4) is 0 Å².